The predicted molar refractivity (Wildman–Crippen MR) is 71.8 cm³/mol. The van der Waals surface area contributed by atoms with Crippen molar-refractivity contribution in [2.45, 2.75) is 45.1 Å². The van der Waals surface area contributed by atoms with E-state index in [1.165, 1.54) is 0 Å². The first kappa shape index (κ1) is 13.4. The van der Waals surface area contributed by atoms with Crippen molar-refractivity contribution in [3.63, 3.8) is 0 Å². The zero-order chi connectivity index (χ0) is 13.3. The predicted octanol–water partition coefficient (Wildman–Crippen LogP) is 4.31. The molecule has 18 heavy (non-hydrogen) atoms. The van der Waals surface area contributed by atoms with Gasteiger partial charge in [0.25, 0.3) is 0 Å². The summed E-state index contributed by atoms with van der Waals surface area (Å²) in [5.74, 6) is -0.293. The Bertz CT molecular complexity index is 503. The van der Waals surface area contributed by atoms with Crippen LogP contribution in [0.1, 0.15) is 42.4 Å². The number of isocyanates is 1. The summed E-state index contributed by atoms with van der Waals surface area (Å²) in [6, 6.07) is 1.77. The second kappa shape index (κ2) is 4.94. The minimum Gasteiger partial charge on any atom is -0.211 e. The zero-order valence-corrected chi connectivity index (χ0v) is 12.1. The van der Waals surface area contributed by atoms with Gasteiger partial charge in [0.15, 0.2) is 0 Å². The third-order valence-electron chi connectivity index (χ3n) is 3.89. The van der Waals surface area contributed by atoms with E-state index in [0.29, 0.717) is 10.0 Å². The van der Waals surface area contributed by atoms with E-state index in [0.717, 1.165) is 36.8 Å². The fourth-order valence-electron chi connectivity index (χ4n) is 2.86. The summed E-state index contributed by atoms with van der Waals surface area (Å²) in [5.41, 5.74) is 1.75. The molecule has 1 aromatic rings. The molecule has 0 aromatic heterocycles. The van der Waals surface area contributed by atoms with Crippen LogP contribution in [0.2, 0.25) is 0 Å². The molecule has 0 saturated heterocycles. The molecule has 2 nitrogen and oxygen atoms in total. The first-order valence-electron chi connectivity index (χ1n) is 6.06. The minimum absolute atomic E-state index is 0.293. The molecule has 0 atom stereocenters. The first-order valence-corrected chi connectivity index (χ1v) is 6.86. The zero-order valence-electron chi connectivity index (χ0n) is 10.5. The topological polar surface area (TPSA) is 29.4 Å². The van der Waals surface area contributed by atoms with Crippen molar-refractivity contribution in [2.75, 3.05) is 0 Å². The van der Waals surface area contributed by atoms with Crippen LogP contribution in [0, 0.1) is 19.7 Å². The standard InChI is InChI=1S/C14H15BrFNO/c1-9-7-11(15)13(16)12(10(9)2)14(17-8-18)5-3-4-6-14/h7H,3-6H2,1-2H3. The number of aliphatic imine (C=N–C) groups is 1. The second-order valence-corrected chi connectivity index (χ2v) is 5.79. The van der Waals surface area contributed by atoms with E-state index in [4.69, 9.17) is 0 Å². The summed E-state index contributed by atoms with van der Waals surface area (Å²) in [6.45, 7) is 3.83. The molecule has 2 rings (SSSR count). The molecule has 0 N–H and O–H groups in total. The molecular formula is C14H15BrFNO. The quantitative estimate of drug-likeness (QED) is 0.591. The number of benzene rings is 1. The van der Waals surface area contributed by atoms with Crippen LogP contribution in [0.5, 0.6) is 0 Å². The number of rotatable bonds is 2. The second-order valence-electron chi connectivity index (χ2n) is 4.93. The molecule has 0 heterocycles. The van der Waals surface area contributed by atoms with Crippen LogP contribution < -0.4 is 0 Å². The van der Waals surface area contributed by atoms with Gasteiger partial charge in [-0.3, -0.25) is 0 Å². The van der Waals surface area contributed by atoms with Gasteiger partial charge < -0.3 is 0 Å². The van der Waals surface area contributed by atoms with E-state index >= 15 is 0 Å². The van der Waals surface area contributed by atoms with Gasteiger partial charge in [0, 0.05) is 5.56 Å². The Labute approximate surface area is 114 Å². The lowest BCUT2D eigenvalue weighted by Gasteiger charge is -2.27. The van der Waals surface area contributed by atoms with Gasteiger partial charge in [0.05, 0.1) is 4.47 Å². The molecule has 1 aromatic carbocycles. The largest absolute Gasteiger partial charge is 0.235 e. The van der Waals surface area contributed by atoms with Gasteiger partial charge in [-0.2, -0.15) is 4.99 Å². The van der Waals surface area contributed by atoms with Crippen molar-refractivity contribution in [3.8, 4) is 0 Å². The smallest absolute Gasteiger partial charge is 0.211 e. The number of hydrogen-bond donors (Lipinski definition) is 0. The molecule has 0 unspecified atom stereocenters. The van der Waals surface area contributed by atoms with Crippen molar-refractivity contribution in [1.29, 1.82) is 0 Å². The molecule has 4 heteroatoms. The summed E-state index contributed by atoms with van der Waals surface area (Å²) in [7, 11) is 0. The molecule has 1 saturated carbocycles. The maximum atomic E-state index is 14.4. The van der Waals surface area contributed by atoms with Gasteiger partial charge in [-0.1, -0.05) is 12.8 Å². The Hall–Kier alpha value is -0.990. The molecule has 1 aliphatic rings. The molecule has 0 spiro atoms. The molecule has 1 aliphatic carbocycles. The highest BCUT2D eigenvalue weighted by Crippen LogP contribution is 2.46. The average molecular weight is 312 g/mol. The lowest BCUT2D eigenvalue weighted by molar-refractivity contribution is 0.426. The summed E-state index contributed by atoms with van der Waals surface area (Å²) < 4.78 is 14.9. The summed E-state index contributed by atoms with van der Waals surface area (Å²) >= 11 is 3.24. The minimum atomic E-state index is -0.704. The van der Waals surface area contributed by atoms with Gasteiger partial charge >= 0.3 is 0 Å². The third-order valence-corrected chi connectivity index (χ3v) is 4.47. The van der Waals surface area contributed by atoms with E-state index < -0.39 is 5.54 Å². The van der Waals surface area contributed by atoms with E-state index in [1.807, 2.05) is 13.8 Å². The van der Waals surface area contributed by atoms with Crippen molar-refractivity contribution >= 4 is 22.0 Å². The molecule has 0 aliphatic heterocycles. The van der Waals surface area contributed by atoms with Gasteiger partial charge in [-0.25, -0.2) is 9.18 Å². The molecule has 1 fully saturated rings. The molecule has 0 radical (unpaired) electrons. The van der Waals surface area contributed by atoms with Crippen molar-refractivity contribution in [1.82, 2.24) is 0 Å². The Kier molecular flexibility index (Phi) is 3.69. The van der Waals surface area contributed by atoms with Crippen LogP contribution in [0.15, 0.2) is 15.5 Å². The van der Waals surface area contributed by atoms with Crippen LogP contribution in [-0.2, 0) is 10.3 Å². The van der Waals surface area contributed by atoms with Gasteiger partial charge in [-0.15, -0.1) is 0 Å². The van der Waals surface area contributed by atoms with Gasteiger partial charge in [-0.05, 0) is 59.8 Å². The highest BCUT2D eigenvalue weighted by Gasteiger charge is 2.40. The number of halogens is 2. The monoisotopic (exact) mass is 311 g/mol. The number of aryl methyl sites for hydroxylation is 1. The number of nitrogens with zero attached hydrogens (tertiary/aromatic N) is 1. The van der Waals surface area contributed by atoms with Crippen molar-refractivity contribution < 1.29 is 9.18 Å². The third kappa shape index (κ3) is 2.04. The summed E-state index contributed by atoms with van der Waals surface area (Å²) in [4.78, 5) is 14.7. The summed E-state index contributed by atoms with van der Waals surface area (Å²) in [6.07, 6.45) is 5.01. The maximum Gasteiger partial charge on any atom is 0.235 e. The Balaban J connectivity index is 2.72. The van der Waals surface area contributed by atoms with Crippen LogP contribution in [0.25, 0.3) is 0 Å². The first-order chi connectivity index (χ1) is 8.52. The van der Waals surface area contributed by atoms with Crippen molar-refractivity contribution in [2.24, 2.45) is 4.99 Å². The number of hydrogen-bond acceptors (Lipinski definition) is 2. The van der Waals surface area contributed by atoms with E-state index in [9.17, 15) is 9.18 Å². The highest BCUT2D eigenvalue weighted by atomic mass is 79.9. The number of carbonyl (C=O) groups excluding carboxylic acids is 1. The SMILES string of the molecule is Cc1cc(Br)c(F)c(C2(N=C=O)CCCC2)c1C. The average Bonchev–Trinajstić information content (AvgIpc) is 2.77. The maximum absolute atomic E-state index is 14.4. The van der Waals surface area contributed by atoms with Gasteiger partial charge in [0.1, 0.15) is 11.4 Å². The highest BCUT2D eigenvalue weighted by molar-refractivity contribution is 9.10. The Morgan fingerprint density at radius 3 is 2.56 bits per heavy atom. The van der Waals surface area contributed by atoms with Crippen LogP contribution in [0.4, 0.5) is 4.39 Å². The fourth-order valence-corrected chi connectivity index (χ4v) is 3.40. The van der Waals surface area contributed by atoms with Crippen molar-refractivity contribution in [3.05, 3.63) is 33.0 Å². The molecule has 0 bridgehead atoms. The normalized spacial score (nSPS) is 17.6. The van der Waals surface area contributed by atoms with Crippen LogP contribution in [0.3, 0.4) is 0 Å². The molecular weight excluding hydrogens is 297 g/mol. The lowest BCUT2D eigenvalue weighted by atomic mass is 9.84. The Morgan fingerprint density at radius 2 is 2.00 bits per heavy atom. The summed E-state index contributed by atoms with van der Waals surface area (Å²) in [5, 5.41) is 0. The van der Waals surface area contributed by atoms with E-state index in [-0.39, 0.29) is 5.82 Å². The van der Waals surface area contributed by atoms with Gasteiger partial charge in [0.2, 0.25) is 6.08 Å². The van der Waals surface area contributed by atoms with Crippen LogP contribution in [-0.4, -0.2) is 6.08 Å². The van der Waals surface area contributed by atoms with Crippen LogP contribution >= 0.6 is 15.9 Å². The van der Waals surface area contributed by atoms with E-state index in [2.05, 4.69) is 20.9 Å². The van der Waals surface area contributed by atoms with E-state index in [1.54, 1.807) is 12.1 Å². The molecule has 0 amide bonds. The Morgan fingerprint density at radius 1 is 1.39 bits per heavy atom. The fraction of sp³-hybridized carbons (Fsp3) is 0.500. The lowest BCUT2D eigenvalue weighted by Crippen LogP contribution is -2.23. The molecule has 96 valence electrons.